The number of carbonyl (C=O) groups excluding carboxylic acids is 2. The fourth-order valence-corrected chi connectivity index (χ4v) is 3.48. The van der Waals surface area contributed by atoms with Crippen LogP contribution >= 0.6 is 23.2 Å². The summed E-state index contributed by atoms with van der Waals surface area (Å²) in [6.07, 6.45) is 8.81. The number of aliphatic imine (C=N–C) groups is 1. The predicted octanol–water partition coefficient (Wildman–Crippen LogP) is 4.24. The van der Waals surface area contributed by atoms with E-state index in [0.717, 1.165) is 19.5 Å². The number of nitrogens with one attached hydrogen (secondary N) is 1. The van der Waals surface area contributed by atoms with Crippen molar-refractivity contribution in [3.63, 3.8) is 0 Å². The first-order chi connectivity index (χ1) is 15.4. The molecule has 0 radical (unpaired) electrons. The summed E-state index contributed by atoms with van der Waals surface area (Å²) in [4.78, 5) is 35.5. The van der Waals surface area contributed by atoms with Crippen LogP contribution < -0.4 is 5.32 Å². The highest BCUT2D eigenvalue weighted by atomic mass is 35.5. The smallest absolute Gasteiger partial charge is 0.321 e. The van der Waals surface area contributed by atoms with Crippen LogP contribution in [-0.4, -0.2) is 59.3 Å². The molecule has 5 rings (SSSR count). The van der Waals surface area contributed by atoms with Crippen molar-refractivity contribution in [3.05, 3.63) is 47.2 Å². The molecule has 4 aromatic heterocycles. The first-order valence-electron chi connectivity index (χ1n) is 9.58. The zero-order valence-electron chi connectivity index (χ0n) is 16.8. The molecule has 0 spiro atoms. The van der Waals surface area contributed by atoms with Crippen LogP contribution in [0, 0.1) is 5.92 Å². The third-order valence-electron chi connectivity index (χ3n) is 4.77. The Kier molecular flexibility index (Phi) is 7.59. The fourth-order valence-electron chi connectivity index (χ4n) is 3.21. The van der Waals surface area contributed by atoms with Crippen LogP contribution in [0.15, 0.2) is 41.9 Å². The monoisotopic (exact) mass is 489 g/mol. The minimum atomic E-state index is -0.110. The molecule has 1 N–H and O–H groups in total. The third kappa shape index (κ3) is 5.46. The van der Waals surface area contributed by atoms with Gasteiger partial charge in [0.05, 0.1) is 12.4 Å². The van der Waals surface area contributed by atoms with Crippen molar-refractivity contribution >= 4 is 58.0 Å². The molecule has 11 nitrogen and oxygen atoms in total. The summed E-state index contributed by atoms with van der Waals surface area (Å²) in [5.41, 5.74) is 1.92. The number of hydrogen-bond donors (Lipinski definition) is 1. The maximum Gasteiger partial charge on any atom is 0.321 e. The molecular weight excluding hydrogens is 469 g/mol. The van der Waals surface area contributed by atoms with E-state index in [1.165, 1.54) is 16.8 Å². The van der Waals surface area contributed by atoms with Gasteiger partial charge >= 0.3 is 6.03 Å². The van der Waals surface area contributed by atoms with E-state index < -0.39 is 0 Å². The first-order valence-corrected chi connectivity index (χ1v) is 10.3. The maximum atomic E-state index is 12.1. The molecule has 0 aromatic carbocycles. The third-order valence-corrected chi connectivity index (χ3v) is 5.19. The Morgan fingerprint density at radius 2 is 1.76 bits per heavy atom. The number of amides is 2. The summed E-state index contributed by atoms with van der Waals surface area (Å²) in [5, 5.41) is 11.6. The van der Waals surface area contributed by atoms with Gasteiger partial charge in [0, 0.05) is 25.5 Å². The Morgan fingerprint density at radius 3 is 2.39 bits per heavy atom. The molecule has 1 saturated heterocycles. The van der Waals surface area contributed by atoms with Crippen LogP contribution in [-0.2, 0) is 4.79 Å². The van der Waals surface area contributed by atoms with Crippen molar-refractivity contribution in [1.29, 1.82) is 0 Å². The number of rotatable bonds is 2. The second-order valence-electron chi connectivity index (χ2n) is 7.10. The minimum absolute atomic E-state index is 0. The molecule has 172 valence electrons. The van der Waals surface area contributed by atoms with E-state index in [1.807, 2.05) is 0 Å². The number of anilines is 1. The van der Waals surface area contributed by atoms with Crippen LogP contribution in [0.5, 0.6) is 0 Å². The van der Waals surface area contributed by atoms with Crippen LogP contribution in [0.4, 0.5) is 16.2 Å². The number of urea groups is 1. The van der Waals surface area contributed by atoms with Crippen molar-refractivity contribution < 1.29 is 9.59 Å². The van der Waals surface area contributed by atoms with E-state index in [4.69, 9.17) is 23.2 Å². The normalized spacial score (nSPS) is 14.9. The van der Waals surface area contributed by atoms with Crippen LogP contribution in [0.2, 0.25) is 10.3 Å². The van der Waals surface area contributed by atoms with Gasteiger partial charge in [-0.25, -0.2) is 28.6 Å². The molecule has 1 aliphatic heterocycles. The molecule has 0 saturated carbocycles. The Bertz CT molecular complexity index is 1330. The van der Waals surface area contributed by atoms with Crippen molar-refractivity contribution in [2.24, 2.45) is 10.9 Å². The highest BCUT2D eigenvalue weighted by Gasteiger charge is 2.24. The van der Waals surface area contributed by atoms with Gasteiger partial charge in [0.2, 0.25) is 6.08 Å². The highest BCUT2D eigenvalue weighted by Crippen LogP contribution is 2.20. The van der Waals surface area contributed by atoms with E-state index in [9.17, 15) is 9.59 Å². The predicted molar refractivity (Wildman–Crippen MR) is 125 cm³/mol. The average molecular weight is 490 g/mol. The van der Waals surface area contributed by atoms with Crippen LogP contribution in [0.1, 0.15) is 20.8 Å². The topological polar surface area (TPSA) is 122 Å². The van der Waals surface area contributed by atoms with Crippen molar-refractivity contribution in [2.75, 3.05) is 18.4 Å². The number of likely N-dealkylation sites (tertiary alicyclic amines) is 1. The van der Waals surface area contributed by atoms with E-state index in [1.54, 1.807) is 40.1 Å². The van der Waals surface area contributed by atoms with Gasteiger partial charge in [-0.1, -0.05) is 37.6 Å². The van der Waals surface area contributed by atoms with Gasteiger partial charge in [0.25, 0.3) is 0 Å². The molecule has 2 amide bonds. The van der Waals surface area contributed by atoms with E-state index in [2.05, 4.69) is 37.4 Å². The summed E-state index contributed by atoms with van der Waals surface area (Å²) in [6, 6.07) is 3.13. The quantitative estimate of drug-likeness (QED) is 0.255. The summed E-state index contributed by atoms with van der Waals surface area (Å²) >= 11 is 11.5. The Morgan fingerprint density at radius 1 is 1.12 bits per heavy atom. The van der Waals surface area contributed by atoms with Crippen LogP contribution in [0.25, 0.3) is 11.3 Å². The fraction of sp³-hybridized carbons (Fsp3) is 0.300. The molecule has 4 aromatic rings. The average Bonchev–Trinajstić information content (AvgIpc) is 3.48. The lowest BCUT2D eigenvalue weighted by atomic mass is 10.2. The van der Waals surface area contributed by atoms with Crippen molar-refractivity contribution in [1.82, 2.24) is 34.1 Å². The largest absolute Gasteiger partial charge is 0.324 e. The van der Waals surface area contributed by atoms with Gasteiger partial charge in [0.15, 0.2) is 11.3 Å². The van der Waals surface area contributed by atoms with Gasteiger partial charge < -0.3 is 10.2 Å². The Hall–Kier alpha value is -3.53. The summed E-state index contributed by atoms with van der Waals surface area (Å²) in [6.45, 7) is 3.73. The Balaban J connectivity index is 0.000000192. The van der Waals surface area contributed by atoms with Gasteiger partial charge in [-0.3, -0.25) is 0 Å². The number of carbonyl (C=O) groups is 1. The summed E-state index contributed by atoms with van der Waals surface area (Å²) < 4.78 is 3.05. The van der Waals surface area contributed by atoms with E-state index in [-0.39, 0.29) is 13.5 Å². The van der Waals surface area contributed by atoms with Gasteiger partial charge in [0.1, 0.15) is 21.7 Å². The number of isocyanates is 1. The molecule has 1 fully saturated rings. The minimum Gasteiger partial charge on any atom is -0.324 e. The van der Waals surface area contributed by atoms with E-state index >= 15 is 0 Å². The summed E-state index contributed by atoms with van der Waals surface area (Å²) in [7, 11) is 0. The van der Waals surface area contributed by atoms with Crippen molar-refractivity contribution in [2.45, 2.75) is 20.8 Å². The molecule has 33 heavy (non-hydrogen) atoms. The molecule has 0 unspecified atom stereocenters. The molecule has 1 aliphatic rings. The first kappa shape index (κ1) is 24.1. The number of fused-ring (bicyclic) bond motifs is 2. The molecule has 5 heterocycles. The summed E-state index contributed by atoms with van der Waals surface area (Å²) in [5.74, 6) is 0.558. The van der Waals surface area contributed by atoms with E-state index in [0.29, 0.717) is 38.9 Å². The van der Waals surface area contributed by atoms with Crippen LogP contribution in [0.3, 0.4) is 0 Å². The molecule has 0 aliphatic carbocycles. The van der Waals surface area contributed by atoms with Crippen molar-refractivity contribution in [3.8, 4) is 0 Å². The zero-order valence-corrected chi connectivity index (χ0v) is 18.3. The number of halogens is 2. The number of hydrogen-bond acceptors (Lipinski definition) is 7. The molecular formula is C20H21Cl2N9O2. The highest BCUT2D eigenvalue weighted by molar-refractivity contribution is 6.29. The molecule has 0 bridgehead atoms. The zero-order chi connectivity index (χ0) is 22.7. The second-order valence-corrected chi connectivity index (χ2v) is 7.87. The number of nitrogens with zero attached hydrogens (tertiary/aromatic N) is 8. The molecule has 1 atom stereocenters. The standard InChI is InChI=1S/C12H14ClN5O.C7H3ClN4O.CH4/c1-8-2-4-17(7-8)12(19)15-9-6-14-18-5-3-10(13)16-11(9)18;8-6-1-2-12-7(11-6)5(3-10-12)9-4-13;/h3,5-6,8H,2,4,7H2,1H3,(H,15,19);1-3H;1H4/t8-;;/m0../s1. The van der Waals surface area contributed by atoms with Gasteiger partial charge in [-0.15, -0.1) is 0 Å². The second kappa shape index (κ2) is 10.4. The Labute approximate surface area is 199 Å². The number of aromatic nitrogens is 6. The SMILES string of the molecule is C.C[C@H]1CCN(C(=O)Nc2cnn3ccc(Cl)nc23)C1.O=C=Nc1cnn2ccc(Cl)nc12. The van der Waals surface area contributed by atoms with Gasteiger partial charge in [-0.05, 0) is 24.5 Å². The lowest BCUT2D eigenvalue weighted by molar-refractivity contribution is 0.221. The lowest BCUT2D eigenvalue weighted by Crippen LogP contribution is -2.32. The lowest BCUT2D eigenvalue weighted by Gasteiger charge is -2.15. The maximum absolute atomic E-state index is 12.1. The van der Waals surface area contributed by atoms with Gasteiger partial charge in [-0.2, -0.15) is 15.2 Å². The molecule has 13 heteroatoms.